The molecule has 0 aromatic heterocycles. The van der Waals surface area contributed by atoms with E-state index in [0.717, 1.165) is 16.3 Å². The molecule has 0 saturated heterocycles. The number of carbonyl (C=O) groups is 2. The van der Waals surface area contributed by atoms with E-state index in [1.54, 1.807) is 19.1 Å². The van der Waals surface area contributed by atoms with E-state index in [0.29, 0.717) is 11.3 Å². The minimum atomic E-state index is -0.409. The number of nitrogens with one attached hydrogen (secondary N) is 1. The zero-order valence-corrected chi connectivity index (χ0v) is 13.9. The molecule has 0 unspecified atom stereocenters. The van der Waals surface area contributed by atoms with Gasteiger partial charge in [0.2, 0.25) is 5.91 Å². The zero-order valence-electron chi connectivity index (χ0n) is 13.9. The van der Waals surface area contributed by atoms with Crippen molar-refractivity contribution in [3.8, 4) is 0 Å². The lowest BCUT2D eigenvalue weighted by Gasteiger charge is -2.08. The topological polar surface area (TPSA) is 46.2 Å². The van der Waals surface area contributed by atoms with Gasteiger partial charge >= 0.3 is 0 Å². The molecule has 0 atom stereocenters. The van der Waals surface area contributed by atoms with Crippen molar-refractivity contribution in [3.05, 3.63) is 77.6 Å². The van der Waals surface area contributed by atoms with Gasteiger partial charge < -0.3 is 5.32 Å². The molecule has 0 fully saturated rings. The first-order valence-corrected chi connectivity index (χ1v) is 8.11. The molecule has 0 spiro atoms. The zero-order chi connectivity index (χ0) is 17.8. The summed E-state index contributed by atoms with van der Waals surface area (Å²) in [7, 11) is 0. The first-order chi connectivity index (χ1) is 12.0. The van der Waals surface area contributed by atoms with Crippen LogP contribution in [-0.4, -0.2) is 11.7 Å². The van der Waals surface area contributed by atoms with Gasteiger partial charge in [-0.3, -0.25) is 9.59 Å². The highest BCUT2D eigenvalue weighted by atomic mass is 19.1. The molecule has 0 bridgehead atoms. The van der Waals surface area contributed by atoms with Gasteiger partial charge in [-0.1, -0.05) is 42.5 Å². The van der Waals surface area contributed by atoms with Crippen LogP contribution in [0.2, 0.25) is 0 Å². The molecule has 25 heavy (non-hydrogen) atoms. The predicted octanol–water partition coefficient (Wildman–Crippen LogP) is 4.89. The molecule has 0 saturated carbocycles. The predicted molar refractivity (Wildman–Crippen MR) is 97.3 cm³/mol. The second kappa shape index (κ2) is 7.26. The number of hydrogen-bond acceptors (Lipinski definition) is 2. The second-order valence-corrected chi connectivity index (χ2v) is 5.99. The molecule has 3 rings (SSSR count). The minimum absolute atomic E-state index is 0.0572. The highest BCUT2D eigenvalue weighted by Crippen LogP contribution is 2.18. The summed E-state index contributed by atoms with van der Waals surface area (Å²) < 4.78 is 13.3. The van der Waals surface area contributed by atoms with Crippen molar-refractivity contribution in [3.63, 3.8) is 0 Å². The normalized spacial score (nSPS) is 10.6. The molecule has 0 aliphatic heterocycles. The Labute approximate surface area is 145 Å². The van der Waals surface area contributed by atoms with Crippen molar-refractivity contribution in [2.24, 2.45) is 0 Å². The molecule has 3 aromatic carbocycles. The van der Waals surface area contributed by atoms with E-state index >= 15 is 0 Å². The maximum absolute atomic E-state index is 13.3. The lowest BCUT2D eigenvalue weighted by Crippen LogP contribution is -2.14. The largest absolute Gasteiger partial charge is 0.326 e. The van der Waals surface area contributed by atoms with Crippen LogP contribution in [0, 0.1) is 12.7 Å². The van der Waals surface area contributed by atoms with E-state index < -0.39 is 5.82 Å². The van der Waals surface area contributed by atoms with Crippen molar-refractivity contribution < 1.29 is 14.0 Å². The second-order valence-electron chi connectivity index (χ2n) is 5.99. The molecule has 3 aromatic rings. The Kier molecular flexibility index (Phi) is 4.89. The molecule has 4 heteroatoms. The van der Waals surface area contributed by atoms with E-state index in [2.05, 4.69) is 5.32 Å². The van der Waals surface area contributed by atoms with Crippen LogP contribution in [0.4, 0.5) is 10.1 Å². The van der Waals surface area contributed by atoms with Crippen LogP contribution < -0.4 is 5.32 Å². The van der Waals surface area contributed by atoms with Crippen molar-refractivity contribution in [1.29, 1.82) is 0 Å². The molecule has 3 nitrogen and oxygen atoms in total. The van der Waals surface area contributed by atoms with Gasteiger partial charge in [0, 0.05) is 24.1 Å². The fourth-order valence-corrected chi connectivity index (χ4v) is 2.68. The molecule has 0 radical (unpaired) electrons. The Bertz CT molecular complexity index is 950. The quantitative estimate of drug-likeness (QED) is 0.675. The average molecular weight is 335 g/mol. The minimum Gasteiger partial charge on any atom is -0.326 e. The molecule has 1 N–H and O–H groups in total. The summed E-state index contributed by atoms with van der Waals surface area (Å²) in [6.45, 7) is 1.79. The fourth-order valence-electron chi connectivity index (χ4n) is 2.68. The van der Waals surface area contributed by atoms with Gasteiger partial charge in [-0.05, 0) is 41.5 Å². The van der Waals surface area contributed by atoms with Crippen LogP contribution in [0.25, 0.3) is 10.8 Å². The summed E-state index contributed by atoms with van der Waals surface area (Å²) in [5.41, 5.74) is 1.80. The van der Waals surface area contributed by atoms with E-state index in [1.807, 2.05) is 36.4 Å². The average Bonchev–Trinajstić information content (AvgIpc) is 2.62. The number of hydrogen-bond donors (Lipinski definition) is 1. The number of ketones is 1. The molecule has 1 amide bonds. The number of anilines is 1. The summed E-state index contributed by atoms with van der Waals surface area (Å²) in [6.07, 6.45) is 0.167. The smallest absolute Gasteiger partial charge is 0.224 e. The molecular weight excluding hydrogens is 317 g/mol. The number of amides is 1. The standard InChI is InChI=1S/C21H18FNO2/c1-14-6-9-18(22)13-19(14)23-21(25)11-10-20(24)17-8-7-15-4-2-3-5-16(15)12-17/h2-9,12-13H,10-11H2,1H3,(H,23,25). The first-order valence-electron chi connectivity index (χ1n) is 8.11. The highest BCUT2D eigenvalue weighted by molar-refractivity contribution is 6.02. The van der Waals surface area contributed by atoms with Crippen LogP contribution in [0.3, 0.4) is 0 Å². The first kappa shape index (κ1) is 16.8. The van der Waals surface area contributed by atoms with E-state index in [-0.39, 0.29) is 24.5 Å². The van der Waals surface area contributed by atoms with Gasteiger partial charge in [-0.2, -0.15) is 0 Å². The lowest BCUT2D eigenvalue weighted by atomic mass is 10.0. The Morgan fingerprint density at radius 3 is 2.48 bits per heavy atom. The van der Waals surface area contributed by atoms with Crippen LogP contribution in [-0.2, 0) is 4.79 Å². The molecule has 0 aliphatic carbocycles. The van der Waals surface area contributed by atoms with Gasteiger partial charge in [-0.15, -0.1) is 0 Å². The number of benzene rings is 3. The van der Waals surface area contributed by atoms with Crippen molar-refractivity contribution in [1.82, 2.24) is 0 Å². The summed E-state index contributed by atoms with van der Waals surface area (Å²) in [6, 6.07) is 17.5. The summed E-state index contributed by atoms with van der Waals surface area (Å²) in [4.78, 5) is 24.4. The van der Waals surface area contributed by atoms with Gasteiger partial charge in [-0.25, -0.2) is 4.39 Å². The van der Waals surface area contributed by atoms with Crippen LogP contribution in [0.5, 0.6) is 0 Å². The molecule has 0 aliphatic rings. The Balaban J connectivity index is 1.62. The monoisotopic (exact) mass is 335 g/mol. The van der Waals surface area contributed by atoms with Gasteiger partial charge in [0.15, 0.2) is 5.78 Å². The number of aryl methyl sites for hydroxylation is 1. The third-order valence-corrected chi connectivity index (χ3v) is 4.12. The van der Waals surface area contributed by atoms with Crippen molar-refractivity contribution in [2.75, 3.05) is 5.32 Å². The van der Waals surface area contributed by atoms with Crippen molar-refractivity contribution in [2.45, 2.75) is 19.8 Å². The number of halogens is 1. The number of carbonyl (C=O) groups excluding carboxylic acids is 2. The van der Waals surface area contributed by atoms with Crippen LogP contribution >= 0.6 is 0 Å². The number of Topliss-reactive ketones (excluding diaryl/α,β-unsaturated/α-hetero) is 1. The van der Waals surface area contributed by atoms with E-state index in [4.69, 9.17) is 0 Å². The van der Waals surface area contributed by atoms with E-state index in [9.17, 15) is 14.0 Å². The Hall–Kier alpha value is -3.01. The van der Waals surface area contributed by atoms with Crippen molar-refractivity contribution >= 4 is 28.2 Å². The van der Waals surface area contributed by atoms with Gasteiger partial charge in [0.1, 0.15) is 5.82 Å². The van der Waals surface area contributed by atoms with Crippen LogP contribution in [0.1, 0.15) is 28.8 Å². The number of rotatable bonds is 5. The molecule has 0 heterocycles. The lowest BCUT2D eigenvalue weighted by molar-refractivity contribution is -0.116. The summed E-state index contributed by atoms with van der Waals surface area (Å²) in [5, 5.41) is 4.72. The maximum Gasteiger partial charge on any atom is 0.224 e. The third-order valence-electron chi connectivity index (χ3n) is 4.12. The number of fused-ring (bicyclic) bond motifs is 1. The maximum atomic E-state index is 13.3. The van der Waals surface area contributed by atoms with E-state index in [1.165, 1.54) is 12.1 Å². The summed E-state index contributed by atoms with van der Waals surface area (Å²) >= 11 is 0. The SMILES string of the molecule is Cc1ccc(F)cc1NC(=O)CCC(=O)c1ccc2ccccc2c1. The Morgan fingerprint density at radius 1 is 0.920 bits per heavy atom. The van der Waals surface area contributed by atoms with Gasteiger partial charge in [0.25, 0.3) is 0 Å². The van der Waals surface area contributed by atoms with Gasteiger partial charge in [0.05, 0.1) is 0 Å². The molecular formula is C21H18FNO2. The fraction of sp³-hybridized carbons (Fsp3) is 0.143. The molecule has 126 valence electrons. The highest BCUT2D eigenvalue weighted by Gasteiger charge is 2.11. The third kappa shape index (κ3) is 4.10. The summed E-state index contributed by atoms with van der Waals surface area (Å²) in [5.74, 6) is -0.798. The Morgan fingerprint density at radius 2 is 1.68 bits per heavy atom. The van der Waals surface area contributed by atoms with Crippen LogP contribution in [0.15, 0.2) is 60.7 Å².